The summed E-state index contributed by atoms with van der Waals surface area (Å²) in [4.78, 5) is 14.6. The summed E-state index contributed by atoms with van der Waals surface area (Å²) in [6.07, 6.45) is 3.48. The summed E-state index contributed by atoms with van der Waals surface area (Å²) in [6.45, 7) is 3.04. The summed E-state index contributed by atoms with van der Waals surface area (Å²) in [7, 11) is 0. The smallest absolute Gasteiger partial charge is 0.254 e. The lowest BCUT2D eigenvalue weighted by Crippen LogP contribution is -2.41. The maximum atomic E-state index is 12.6. The number of rotatable bonds is 2. The molecule has 2 aromatic carbocycles. The van der Waals surface area contributed by atoms with Crippen LogP contribution in [0.4, 0.5) is 0 Å². The Kier molecular flexibility index (Phi) is 4.05. The molecule has 1 fully saturated rings. The lowest BCUT2D eigenvalue weighted by molar-refractivity contribution is 0.0635. The van der Waals surface area contributed by atoms with E-state index in [0.717, 1.165) is 30.5 Å². The molecule has 1 amide bonds. The lowest BCUT2D eigenvalue weighted by atomic mass is 10.0. The zero-order chi connectivity index (χ0) is 14.7. The first-order valence-electron chi connectivity index (χ1n) is 7.72. The molecule has 1 saturated heterocycles. The van der Waals surface area contributed by atoms with Crippen molar-refractivity contribution in [2.75, 3.05) is 6.54 Å². The minimum atomic E-state index is 0.168. The van der Waals surface area contributed by atoms with Gasteiger partial charge in [0.1, 0.15) is 0 Å². The highest BCUT2D eigenvalue weighted by atomic mass is 16.2. The predicted molar refractivity (Wildman–Crippen MR) is 86.2 cm³/mol. The van der Waals surface area contributed by atoms with E-state index in [-0.39, 0.29) is 5.91 Å². The van der Waals surface area contributed by atoms with Gasteiger partial charge in [-0.3, -0.25) is 4.79 Å². The Morgan fingerprint density at radius 2 is 1.62 bits per heavy atom. The summed E-state index contributed by atoms with van der Waals surface area (Å²) in [5.74, 6) is 0.168. The number of benzene rings is 2. The van der Waals surface area contributed by atoms with E-state index >= 15 is 0 Å². The number of nitrogens with zero attached hydrogens (tertiary/aromatic N) is 1. The van der Waals surface area contributed by atoms with Crippen LogP contribution in [0.15, 0.2) is 54.6 Å². The first-order valence-corrected chi connectivity index (χ1v) is 7.72. The fraction of sp³-hybridized carbons (Fsp3) is 0.316. The van der Waals surface area contributed by atoms with E-state index < -0.39 is 0 Å². The second-order valence-corrected chi connectivity index (χ2v) is 5.79. The maximum absolute atomic E-state index is 12.6. The minimum Gasteiger partial charge on any atom is -0.336 e. The van der Waals surface area contributed by atoms with E-state index in [2.05, 4.69) is 19.1 Å². The molecule has 1 heterocycles. The molecule has 0 saturated carbocycles. The highest BCUT2D eigenvalue weighted by molar-refractivity contribution is 5.95. The first kappa shape index (κ1) is 13.9. The van der Waals surface area contributed by atoms with Crippen LogP contribution in [0.2, 0.25) is 0 Å². The quantitative estimate of drug-likeness (QED) is 0.799. The van der Waals surface area contributed by atoms with Crippen molar-refractivity contribution < 1.29 is 4.79 Å². The number of hydrogen-bond donors (Lipinski definition) is 0. The van der Waals surface area contributed by atoms with E-state index in [1.807, 2.05) is 47.4 Å². The Morgan fingerprint density at radius 3 is 2.29 bits per heavy atom. The fourth-order valence-corrected chi connectivity index (χ4v) is 3.00. The SMILES string of the molecule is CC1CCCCN1C(=O)c1ccc(-c2ccccc2)cc1. The Hall–Kier alpha value is -2.09. The Balaban J connectivity index is 1.79. The third kappa shape index (κ3) is 2.99. The number of carbonyl (C=O) groups is 1. The molecule has 1 unspecified atom stereocenters. The molecule has 0 spiro atoms. The molecule has 0 radical (unpaired) electrons. The predicted octanol–water partition coefficient (Wildman–Crippen LogP) is 4.37. The molecular weight excluding hydrogens is 258 g/mol. The van der Waals surface area contributed by atoms with Gasteiger partial charge in [0.15, 0.2) is 0 Å². The Labute approximate surface area is 126 Å². The van der Waals surface area contributed by atoms with Gasteiger partial charge in [0, 0.05) is 18.2 Å². The van der Waals surface area contributed by atoms with Crippen LogP contribution in [0.25, 0.3) is 11.1 Å². The van der Waals surface area contributed by atoms with Gasteiger partial charge in [0.25, 0.3) is 5.91 Å². The number of piperidine rings is 1. The molecule has 1 aliphatic heterocycles. The molecule has 2 heteroatoms. The van der Waals surface area contributed by atoms with Gasteiger partial charge in [0.05, 0.1) is 0 Å². The topological polar surface area (TPSA) is 20.3 Å². The summed E-state index contributed by atoms with van der Waals surface area (Å²) < 4.78 is 0. The maximum Gasteiger partial charge on any atom is 0.254 e. The zero-order valence-corrected chi connectivity index (χ0v) is 12.5. The standard InChI is InChI=1S/C19H21NO/c1-15-7-5-6-14-20(15)19(21)18-12-10-17(11-13-18)16-8-3-2-4-9-16/h2-4,8-13,15H,5-7,14H2,1H3. The van der Waals surface area contributed by atoms with Crippen molar-refractivity contribution in [2.24, 2.45) is 0 Å². The van der Waals surface area contributed by atoms with E-state index in [1.165, 1.54) is 12.0 Å². The van der Waals surface area contributed by atoms with Crippen molar-refractivity contribution in [3.8, 4) is 11.1 Å². The van der Waals surface area contributed by atoms with Crippen molar-refractivity contribution in [3.05, 3.63) is 60.2 Å². The van der Waals surface area contributed by atoms with E-state index in [4.69, 9.17) is 0 Å². The molecule has 3 rings (SSSR count). The molecule has 1 aliphatic rings. The van der Waals surface area contributed by atoms with Gasteiger partial charge in [-0.25, -0.2) is 0 Å². The third-order valence-electron chi connectivity index (χ3n) is 4.30. The molecular formula is C19H21NO. The molecule has 108 valence electrons. The Morgan fingerprint density at radius 1 is 0.952 bits per heavy atom. The summed E-state index contributed by atoms with van der Waals surface area (Å²) in [5.41, 5.74) is 3.13. The van der Waals surface area contributed by atoms with Crippen LogP contribution in [0.1, 0.15) is 36.5 Å². The minimum absolute atomic E-state index is 0.168. The number of hydrogen-bond acceptors (Lipinski definition) is 1. The second kappa shape index (κ2) is 6.13. The second-order valence-electron chi connectivity index (χ2n) is 5.79. The van der Waals surface area contributed by atoms with Gasteiger partial charge in [0.2, 0.25) is 0 Å². The van der Waals surface area contributed by atoms with Crippen molar-refractivity contribution in [3.63, 3.8) is 0 Å². The number of likely N-dealkylation sites (tertiary alicyclic amines) is 1. The molecule has 2 aromatic rings. The molecule has 0 aliphatic carbocycles. The van der Waals surface area contributed by atoms with Crippen LogP contribution in [0.5, 0.6) is 0 Å². The first-order chi connectivity index (χ1) is 10.3. The van der Waals surface area contributed by atoms with Crippen molar-refractivity contribution in [1.82, 2.24) is 4.90 Å². The van der Waals surface area contributed by atoms with Crippen molar-refractivity contribution in [1.29, 1.82) is 0 Å². The largest absolute Gasteiger partial charge is 0.336 e. The van der Waals surface area contributed by atoms with E-state index in [1.54, 1.807) is 0 Å². The Bertz CT molecular complexity index is 603. The van der Waals surface area contributed by atoms with Crippen molar-refractivity contribution >= 4 is 5.91 Å². The molecule has 2 nitrogen and oxygen atoms in total. The fourth-order valence-electron chi connectivity index (χ4n) is 3.00. The van der Waals surface area contributed by atoms with Crippen LogP contribution in [0.3, 0.4) is 0 Å². The molecule has 0 bridgehead atoms. The van der Waals surface area contributed by atoms with Gasteiger partial charge in [-0.2, -0.15) is 0 Å². The highest BCUT2D eigenvalue weighted by Gasteiger charge is 2.23. The lowest BCUT2D eigenvalue weighted by Gasteiger charge is -2.33. The van der Waals surface area contributed by atoms with Crippen LogP contribution < -0.4 is 0 Å². The van der Waals surface area contributed by atoms with E-state index in [0.29, 0.717) is 6.04 Å². The van der Waals surface area contributed by atoms with E-state index in [9.17, 15) is 4.79 Å². The van der Waals surface area contributed by atoms with Gasteiger partial charge in [-0.1, -0.05) is 42.5 Å². The molecule has 0 aromatic heterocycles. The van der Waals surface area contributed by atoms with Gasteiger partial charge < -0.3 is 4.90 Å². The summed E-state index contributed by atoms with van der Waals surface area (Å²) in [6, 6.07) is 18.6. The van der Waals surface area contributed by atoms with Gasteiger partial charge in [-0.05, 0) is 49.4 Å². The molecule has 0 N–H and O–H groups in total. The van der Waals surface area contributed by atoms with Gasteiger partial charge in [-0.15, -0.1) is 0 Å². The average molecular weight is 279 g/mol. The normalized spacial score (nSPS) is 18.5. The average Bonchev–Trinajstić information content (AvgIpc) is 2.56. The highest BCUT2D eigenvalue weighted by Crippen LogP contribution is 2.22. The molecule has 1 atom stereocenters. The zero-order valence-electron chi connectivity index (χ0n) is 12.5. The summed E-state index contributed by atoms with van der Waals surface area (Å²) in [5, 5.41) is 0. The van der Waals surface area contributed by atoms with Crippen LogP contribution >= 0.6 is 0 Å². The monoisotopic (exact) mass is 279 g/mol. The van der Waals surface area contributed by atoms with Crippen LogP contribution in [-0.2, 0) is 0 Å². The van der Waals surface area contributed by atoms with Gasteiger partial charge >= 0.3 is 0 Å². The summed E-state index contributed by atoms with van der Waals surface area (Å²) >= 11 is 0. The van der Waals surface area contributed by atoms with Crippen molar-refractivity contribution in [2.45, 2.75) is 32.2 Å². The van der Waals surface area contributed by atoms with Crippen LogP contribution in [0, 0.1) is 0 Å². The number of amides is 1. The third-order valence-corrected chi connectivity index (χ3v) is 4.30. The molecule has 21 heavy (non-hydrogen) atoms. The number of carbonyl (C=O) groups excluding carboxylic acids is 1. The van der Waals surface area contributed by atoms with Crippen LogP contribution in [-0.4, -0.2) is 23.4 Å².